The Hall–Kier alpha value is -4.07. The number of rotatable bonds is 8. The number of sulfone groups is 1. The van der Waals surface area contributed by atoms with Crippen LogP contribution in [0.2, 0.25) is 0 Å². The second-order valence-electron chi connectivity index (χ2n) is 7.28. The predicted octanol–water partition coefficient (Wildman–Crippen LogP) is 2.35. The second kappa shape index (κ2) is 11.1. The lowest BCUT2D eigenvalue weighted by atomic mass is 10.2. The van der Waals surface area contributed by atoms with E-state index in [0.29, 0.717) is 11.4 Å². The molecule has 3 aromatic rings. The van der Waals surface area contributed by atoms with Crippen LogP contribution in [0.25, 0.3) is 0 Å². The summed E-state index contributed by atoms with van der Waals surface area (Å²) in [4.78, 5) is 12.3. The van der Waals surface area contributed by atoms with Gasteiger partial charge in [0.2, 0.25) is 24.9 Å². The van der Waals surface area contributed by atoms with Crippen LogP contribution in [0.4, 0.5) is 5.69 Å². The van der Waals surface area contributed by atoms with Crippen molar-refractivity contribution < 1.29 is 26.4 Å². The van der Waals surface area contributed by atoms with Gasteiger partial charge in [-0.25, -0.2) is 27.4 Å². The molecule has 0 heterocycles. The third-order valence-corrected chi connectivity index (χ3v) is 7.48. The van der Waals surface area contributed by atoms with E-state index < -0.39 is 30.8 Å². The van der Waals surface area contributed by atoms with Crippen molar-refractivity contribution >= 4 is 42.2 Å². The fourth-order valence-electron chi connectivity index (χ4n) is 2.87. The van der Waals surface area contributed by atoms with Crippen molar-refractivity contribution in [1.29, 1.82) is 0 Å². The van der Waals surface area contributed by atoms with E-state index in [1.807, 2.05) is 0 Å². The van der Waals surface area contributed by atoms with Crippen LogP contribution in [0.5, 0.6) is 5.75 Å². The van der Waals surface area contributed by atoms with E-state index in [1.54, 1.807) is 30.3 Å². The molecule has 36 heavy (non-hydrogen) atoms. The first kappa shape index (κ1) is 26.5. The van der Waals surface area contributed by atoms with E-state index in [4.69, 9.17) is 9.88 Å². The molecule has 0 aliphatic carbocycles. The molecule has 0 fully saturated rings. The van der Waals surface area contributed by atoms with Gasteiger partial charge in [-0.05, 0) is 67.6 Å². The topological polar surface area (TPSA) is 169 Å². The number of hydrazone groups is 2. The highest BCUT2D eigenvalue weighted by molar-refractivity contribution is 8.08. The number of hydrogen-bond acceptors (Lipinski definition) is 9. The second-order valence-corrected chi connectivity index (χ2v) is 10.7. The minimum atomic E-state index is -4.15. The Morgan fingerprint density at radius 3 is 2.00 bits per heavy atom. The summed E-state index contributed by atoms with van der Waals surface area (Å²) in [6, 6.07) is 19.1. The molecule has 0 saturated heterocycles. The van der Waals surface area contributed by atoms with Crippen LogP contribution in [-0.4, -0.2) is 40.6 Å². The third kappa shape index (κ3) is 6.53. The van der Waals surface area contributed by atoms with Crippen molar-refractivity contribution in [3.05, 3.63) is 84.4 Å². The van der Waals surface area contributed by atoms with Crippen LogP contribution >= 0.6 is 0 Å². The Kier molecular flexibility index (Phi) is 8.19. The van der Waals surface area contributed by atoms with Gasteiger partial charge in [0.25, 0.3) is 5.91 Å². The Morgan fingerprint density at radius 2 is 1.44 bits per heavy atom. The molecule has 0 spiro atoms. The van der Waals surface area contributed by atoms with Crippen molar-refractivity contribution in [3.63, 3.8) is 0 Å². The first-order chi connectivity index (χ1) is 17.0. The molecule has 0 bridgehead atoms. The minimum Gasteiger partial charge on any atom is -0.497 e. The highest BCUT2D eigenvalue weighted by Crippen LogP contribution is 2.16. The number of anilines is 1. The van der Waals surface area contributed by atoms with Crippen LogP contribution in [0.15, 0.2) is 98.9 Å². The molecule has 0 aromatic heterocycles. The SMILES string of the molecule is COc1ccc(C(=O)N/N=C(C)/C(=N/Nc2ccc(S(N)(=O)=O)cc2)S(=O)(=O)c2ccccc2)cc1. The van der Waals surface area contributed by atoms with E-state index >= 15 is 0 Å². The van der Waals surface area contributed by atoms with Crippen LogP contribution in [0.1, 0.15) is 17.3 Å². The Bertz CT molecular complexity index is 1500. The van der Waals surface area contributed by atoms with Gasteiger partial charge in [0.15, 0.2) is 0 Å². The lowest BCUT2D eigenvalue weighted by Gasteiger charge is -2.10. The summed E-state index contributed by atoms with van der Waals surface area (Å²) in [5.41, 5.74) is 5.36. The van der Waals surface area contributed by atoms with Crippen LogP contribution in [0.3, 0.4) is 0 Å². The van der Waals surface area contributed by atoms with E-state index in [0.717, 1.165) is 0 Å². The molecule has 3 rings (SSSR count). The molecule has 0 atom stereocenters. The van der Waals surface area contributed by atoms with Crippen molar-refractivity contribution in [2.24, 2.45) is 15.3 Å². The lowest BCUT2D eigenvalue weighted by Crippen LogP contribution is -2.28. The lowest BCUT2D eigenvalue weighted by molar-refractivity contribution is 0.0955. The zero-order valence-electron chi connectivity index (χ0n) is 19.2. The predicted molar refractivity (Wildman–Crippen MR) is 136 cm³/mol. The molecular weight excluding hydrogens is 506 g/mol. The molecule has 0 radical (unpaired) electrons. The number of sulfonamides is 1. The molecular formula is C23H23N5O6S2. The Morgan fingerprint density at radius 1 is 0.833 bits per heavy atom. The summed E-state index contributed by atoms with van der Waals surface area (Å²) in [6.45, 7) is 1.37. The first-order valence-electron chi connectivity index (χ1n) is 10.3. The van der Waals surface area contributed by atoms with Crippen LogP contribution < -0.4 is 20.7 Å². The zero-order chi connectivity index (χ0) is 26.3. The van der Waals surface area contributed by atoms with Gasteiger partial charge in [0, 0.05) is 5.56 Å². The number of nitrogens with one attached hydrogen (secondary N) is 2. The summed E-state index contributed by atoms with van der Waals surface area (Å²) in [6.07, 6.45) is 0. The quantitative estimate of drug-likeness (QED) is 0.228. The molecule has 1 amide bonds. The van der Waals surface area contributed by atoms with Crippen molar-refractivity contribution in [1.82, 2.24) is 5.43 Å². The number of methoxy groups -OCH3 is 1. The highest BCUT2D eigenvalue weighted by Gasteiger charge is 2.26. The average Bonchev–Trinajstić information content (AvgIpc) is 2.87. The average molecular weight is 530 g/mol. The Balaban J connectivity index is 1.92. The highest BCUT2D eigenvalue weighted by atomic mass is 32.2. The number of carbonyl (C=O) groups is 1. The number of nitrogens with two attached hydrogens (primary N) is 1. The fourth-order valence-corrected chi connectivity index (χ4v) is 4.73. The van der Waals surface area contributed by atoms with Crippen molar-refractivity contribution in [3.8, 4) is 5.75 Å². The molecule has 0 saturated carbocycles. The van der Waals surface area contributed by atoms with Gasteiger partial charge in [-0.3, -0.25) is 10.2 Å². The normalized spacial score (nSPS) is 12.6. The largest absolute Gasteiger partial charge is 0.497 e. The van der Waals surface area contributed by atoms with Gasteiger partial charge in [-0.1, -0.05) is 18.2 Å². The standard InChI is InChI=1S/C23H23N5O6S2/c1-16(25-27-22(29)17-8-12-19(34-2)13-9-17)23(35(30,31)20-6-4-3-5-7-20)28-26-18-10-14-21(15-11-18)36(24,32)33/h3-15,26H,1-2H3,(H,27,29)(H2,24,32,33)/b25-16+,28-23-. The van der Waals surface area contributed by atoms with E-state index in [9.17, 15) is 21.6 Å². The van der Waals surface area contributed by atoms with Gasteiger partial charge < -0.3 is 4.74 Å². The molecule has 11 nitrogen and oxygen atoms in total. The maximum Gasteiger partial charge on any atom is 0.271 e. The number of nitrogens with zero attached hydrogens (tertiary/aromatic N) is 2. The maximum absolute atomic E-state index is 13.3. The number of ether oxygens (including phenoxy) is 1. The van der Waals surface area contributed by atoms with Gasteiger partial charge in [-0.15, -0.1) is 0 Å². The van der Waals surface area contributed by atoms with Gasteiger partial charge >= 0.3 is 0 Å². The first-order valence-corrected chi connectivity index (χ1v) is 13.3. The molecule has 188 valence electrons. The number of amides is 1. The van der Waals surface area contributed by atoms with Crippen LogP contribution in [0, 0.1) is 0 Å². The summed E-state index contributed by atoms with van der Waals surface area (Å²) >= 11 is 0. The van der Waals surface area contributed by atoms with Gasteiger partial charge in [-0.2, -0.15) is 10.2 Å². The van der Waals surface area contributed by atoms with Crippen molar-refractivity contribution in [2.75, 3.05) is 12.5 Å². The summed E-state index contributed by atoms with van der Waals surface area (Å²) < 4.78 is 54.5. The molecule has 4 N–H and O–H groups in total. The van der Waals surface area contributed by atoms with E-state index in [-0.39, 0.29) is 21.1 Å². The number of hydrogen-bond donors (Lipinski definition) is 3. The fraction of sp³-hybridized carbons (Fsp3) is 0.0870. The molecule has 0 aliphatic heterocycles. The maximum atomic E-state index is 13.3. The number of carbonyl (C=O) groups excluding carboxylic acids is 1. The molecule has 0 unspecified atom stereocenters. The molecule has 13 heteroatoms. The summed E-state index contributed by atoms with van der Waals surface area (Å²) in [5.74, 6) is -0.00206. The van der Waals surface area contributed by atoms with Gasteiger partial charge in [0.1, 0.15) is 5.75 Å². The molecule has 0 aliphatic rings. The van der Waals surface area contributed by atoms with Gasteiger partial charge in [0.05, 0.1) is 28.3 Å². The number of benzene rings is 3. The van der Waals surface area contributed by atoms with E-state index in [2.05, 4.69) is 21.1 Å². The minimum absolute atomic E-state index is 0.0360. The molecule has 3 aromatic carbocycles. The Labute approximate surface area is 208 Å². The zero-order valence-corrected chi connectivity index (χ0v) is 20.9. The summed E-state index contributed by atoms with van der Waals surface area (Å²) in [5, 5.41) is 12.6. The monoisotopic (exact) mass is 529 g/mol. The van der Waals surface area contributed by atoms with Crippen LogP contribution in [-0.2, 0) is 19.9 Å². The summed E-state index contributed by atoms with van der Waals surface area (Å²) in [7, 11) is -6.54. The van der Waals surface area contributed by atoms with E-state index in [1.165, 1.54) is 62.6 Å². The number of primary sulfonamides is 1. The van der Waals surface area contributed by atoms with Crippen molar-refractivity contribution in [2.45, 2.75) is 16.7 Å². The third-order valence-electron chi connectivity index (χ3n) is 4.76. The smallest absolute Gasteiger partial charge is 0.271 e.